The standard InChI is InChI=1S/C16H13N2.Ir/c1-3-7-14(8-4-1)11-15-12-17-18(13-15)16-9-5-2-6-10-16;/h1-9,12-13H,11H2;/q-1;. The molecule has 0 aliphatic carbocycles. The number of aromatic nitrogens is 2. The van der Waals surface area contributed by atoms with E-state index in [0.717, 1.165) is 12.1 Å². The molecule has 1 heterocycles. The van der Waals surface area contributed by atoms with Gasteiger partial charge in [-0.25, -0.2) is 0 Å². The third-order valence-electron chi connectivity index (χ3n) is 2.83. The molecule has 19 heavy (non-hydrogen) atoms. The molecular weight excluding hydrogens is 412 g/mol. The average Bonchev–Trinajstić information content (AvgIpc) is 2.89. The Morgan fingerprint density at radius 3 is 2.47 bits per heavy atom. The second-order valence-corrected chi connectivity index (χ2v) is 4.20. The van der Waals surface area contributed by atoms with Crippen LogP contribution in [0.15, 0.2) is 67.0 Å². The molecule has 1 radical (unpaired) electrons. The van der Waals surface area contributed by atoms with E-state index in [0.29, 0.717) is 0 Å². The summed E-state index contributed by atoms with van der Waals surface area (Å²) >= 11 is 0. The van der Waals surface area contributed by atoms with Crippen molar-refractivity contribution in [2.75, 3.05) is 0 Å². The molecule has 3 heteroatoms. The fraction of sp³-hybridized carbons (Fsp3) is 0.0625. The molecule has 0 fully saturated rings. The average molecular weight is 426 g/mol. The van der Waals surface area contributed by atoms with E-state index in [1.807, 2.05) is 41.2 Å². The van der Waals surface area contributed by atoms with Crippen molar-refractivity contribution in [1.82, 2.24) is 9.78 Å². The van der Waals surface area contributed by atoms with E-state index < -0.39 is 0 Å². The zero-order valence-electron chi connectivity index (χ0n) is 10.3. The maximum absolute atomic E-state index is 4.37. The van der Waals surface area contributed by atoms with Gasteiger partial charge < -0.3 is 0 Å². The van der Waals surface area contributed by atoms with E-state index in [1.165, 1.54) is 11.1 Å². The van der Waals surface area contributed by atoms with Gasteiger partial charge in [0.25, 0.3) is 0 Å². The number of hydrogen-bond donors (Lipinski definition) is 0. The summed E-state index contributed by atoms with van der Waals surface area (Å²) < 4.78 is 1.86. The van der Waals surface area contributed by atoms with Crippen molar-refractivity contribution in [2.24, 2.45) is 0 Å². The normalized spacial score (nSPS) is 9.89. The van der Waals surface area contributed by atoms with Crippen LogP contribution in [0.5, 0.6) is 0 Å². The predicted molar refractivity (Wildman–Crippen MR) is 71.6 cm³/mol. The summed E-state index contributed by atoms with van der Waals surface area (Å²) in [7, 11) is 0. The van der Waals surface area contributed by atoms with Gasteiger partial charge in [-0.3, -0.25) is 4.68 Å². The van der Waals surface area contributed by atoms with E-state index in [9.17, 15) is 0 Å². The molecule has 0 saturated heterocycles. The zero-order chi connectivity index (χ0) is 12.2. The number of para-hydroxylation sites is 1. The molecule has 1 aromatic heterocycles. The molecule has 0 bridgehead atoms. The summed E-state index contributed by atoms with van der Waals surface area (Å²) in [5, 5.41) is 4.37. The molecular formula is C16H13IrN2-. The Balaban J connectivity index is 0.00000133. The Morgan fingerprint density at radius 1 is 0.947 bits per heavy atom. The fourth-order valence-corrected chi connectivity index (χ4v) is 1.94. The summed E-state index contributed by atoms with van der Waals surface area (Å²) in [6.07, 6.45) is 4.88. The Morgan fingerprint density at radius 2 is 1.74 bits per heavy atom. The van der Waals surface area contributed by atoms with Gasteiger partial charge in [-0.05, 0) is 16.8 Å². The van der Waals surface area contributed by atoms with E-state index in [2.05, 4.69) is 41.6 Å². The summed E-state index contributed by atoms with van der Waals surface area (Å²) in [5.74, 6) is 0. The van der Waals surface area contributed by atoms with Gasteiger partial charge in [-0.2, -0.15) is 29.4 Å². The molecule has 0 aliphatic heterocycles. The Bertz CT molecular complexity index is 618. The number of nitrogens with zero attached hydrogens (tertiary/aromatic N) is 2. The first-order valence-corrected chi connectivity index (χ1v) is 5.96. The van der Waals surface area contributed by atoms with Crippen LogP contribution < -0.4 is 0 Å². The predicted octanol–water partition coefficient (Wildman–Crippen LogP) is 3.26. The van der Waals surface area contributed by atoms with Gasteiger partial charge in [0.05, 0.1) is 6.20 Å². The van der Waals surface area contributed by atoms with Gasteiger partial charge in [-0.15, -0.1) is 6.07 Å². The maximum atomic E-state index is 4.37. The minimum absolute atomic E-state index is 0. The summed E-state index contributed by atoms with van der Waals surface area (Å²) in [5.41, 5.74) is 3.48. The smallest absolute Gasteiger partial charge is 0.0528 e. The molecule has 2 aromatic carbocycles. The second kappa shape index (κ2) is 6.46. The summed E-state index contributed by atoms with van der Waals surface area (Å²) in [6, 6.07) is 21.4. The van der Waals surface area contributed by atoms with Crippen LogP contribution in [-0.2, 0) is 26.5 Å². The molecule has 3 rings (SSSR count). The van der Waals surface area contributed by atoms with Gasteiger partial charge in [0.1, 0.15) is 0 Å². The first-order chi connectivity index (χ1) is 8.92. The van der Waals surface area contributed by atoms with Crippen molar-refractivity contribution in [2.45, 2.75) is 6.42 Å². The fourth-order valence-electron chi connectivity index (χ4n) is 1.94. The van der Waals surface area contributed by atoms with Crippen molar-refractivity contribution >= 4 is 0 Å². The van der Waals surface area contributed by atoms with Gasteiger partial charge in [0.15, 0.2) is 0 Å². The third-order valence-corrected chi connectivity index (χ3v) is 2.83. The van der Waals surface area contributed by atoms with Crippen molar-refractivity contribution in [1.29, 1.82) is 0 Å². The van der Waals surface area contributed by atoms with E-state index in [1.54, 1.807) is 0 Å². The Kier molecular flexibility index (Phi) is 4.67. The Labute approximate surface area is 126 Å². The molecule has 0 amide bonds. The molecule has 0 atom stereocenters. The minimum atomic E-state index is 0. The molecule has 2 nitrogen and oxygen atoms in total. The van der Waals surface area contributed by atoms with Crippen LogP contribution in [0.2, 0.25) is 0 Å². The molecule has 3 aromatic rings. The van der Waals surface area contributed by atoms with Crippen LogP contribution in [-0.4, -0.2) is 9.78 Å². The zero-order valence-corrected chi connectivity index (χ0v) is 12.7. The topological polar surface area (TPSA) is 17.8 Å². The van der Waals surface area contributed by atoms with Crippen LogP contribution in [0.4, 0.5) is 0 Å². The summed E-state index contributed by atoms with van der Waals surface area (Å²) in [6.45, 7) is 0. The first-order valence-electron chi connectivity index (χ1n) is 5.96. The van der Waals surface area contributed by atoms with Gasteiger partial charge in [0, 0.05) is 32.7 Å². The van der Waals surface area contributed by atoms with Crippen molar-refractivity contribution in [3.8, 4) is 5.69 Å². The van der Waals surface area contributed by atoms with Crippen molar-refractivity contribution in [3.05, 3.63) is 84.2 Å². The van der Waals surface area contributed by atoms with Crippen molar-refractivity contribution in [3.63, 3.8) is 0 Å². The SMILES string of the molecule is [Ir].[c-]1ccccc1-n1cc(Cc2ccccc2)cn1. The van der Waals surface area contributed by atoms with E-state index in [4.69, 9.17) is 0 Å². The first kappa shape index (κ1) is 13.7. The van der Waals surface area contributed by atoms with Crippen LogP contribution in [0.25, 0.3) is 5.69 Å². The number of hydrogen-bond acceptors (Lipinski definition) is 1. The Hall–Kier alpha value is -1.70. The molecule has 0 unspecified atom stereocenters. The molecule has 0 N–H and O–H groups in total. The van der Waals surface area contributed by atoms with Gasteiger partial charge in [-0.1, -0.05) is 30.3 Å². The van der Waals surface area contributed by atoms with Crippen LogP contribution in [0.3, 0.4) is 0 Å². The molecule has 0 aliphatic rings. The van der Waals surface area contributed by atoms with Crippen LogP contribution in [0.1, 0.15) is 11.1 Å². The monoisotopic (exact) mass is 426 g/mol. The number of rotatable bonds is 3. The van der Waals surface area contributed by atoms with Gasteiger partial charge in [0.2, 0.25) is 0 Å². The van der Waals surface area contributed by atoms with E-state index >= 15 is 0 Å². The van der Waals surface area contributed by atoms with Crippen LogP contribution in [0, 0.1) is 6.07 Å². The molecule has 97 valence electrons. The van der Waals surface area contributed by atoms with E-state index in [-0.39, 0.29) is 20.1 Å². The van der Waals surface area contributed by atoms with Gasteiger partial charge >= 0.3 is 0 Å². The van der Waals surface area contributed by atoms with Crippen LogP contribution >= 0.6 is 0 Å². The second-order valence-electron chi connectivity index (χ2n) is 4.20. The maximum Gasteiger partial charge on any atom is 0.0528 e. The quantitative estimate of drug-likeness (QED) is 0.589. The largest absolute Gasteiger partial charge is 0.265 e. The summed E-state index contributed by atoms with van der Waals surface area (Å²) in [4.78, 5) is 0. The van der Waals surface area contributed by atoms with Crippen molar-refractivity contribution < 1.29 is 20.1 Å². The molecule has 0 saturated carbocycles. The minimum Gasteiger partial charge on any atom is -0.265 e. The third kappa shape index (κ3) is 3.40. The molecule has 0 spiro atoms. The number of benzene rings is 2.